The van der Waals surface area contributed by atoms with Gasteiger partial charge in [0.25, 0.3) is 11.8 Å². The molecule has 2 aromatic heterocycles. The van der Waals surface area contributed by atoms with Crippen LogP contribution in [-0.4, -0.2) is 27.7 Å². The summed E-state index contributed by atoms with van der Waals surface area (Å²) in [5.74, 6) is -1.34. The van der Waals surface area contributed by atoms with E-state index < -0.39 is 11.7 Å². The quantitative estimate of drug-likeness (QED) is 0.283. The van der Waals surface area contributed by atoms with Crippen LogP contribution in [0.25, 0.3) is 11.3 Å². The summed E-state index contributed by atoms with van der Waals surface area (Å²) < 4.78 is 19.5. The molecule has 0 aliphatic rings. The topological polar surface area (TPSA) is 109 Å². The van der Waals surface area contributed by atoms with Gasteiger partial charge in [0.1, 0.15) is 22.8 Å². The molecule has 2 heterocycles. The standard InChI is InChI=1S/C25H19ClFN5O3/c1-14(16-8-10-18(11-9-16)29-24(33)17-5-4-12-28-13-17)30-31-25(34)21-15(2)35-32-23(21)22-19(26)6-3-7-20(22)27/h3-13H,1-2H3,(H,29,33)(H,31,34)/b30-14+. The van der Waals surface area contributed by atoms with Crippen LogP contribution < -0.4 is 10.7 Å². The van der Waals surface area contributed by atoms with Gasteiger partial charge in [0, 0.05) is 18.1 Å². The number of carbonyl (C=O) groups excluding carboxylic acids is 2. The second-order valence-corrected chi connectivity index (χ2v) is 7.88. The van der Waals surface area contributed by atoms with Gasteiger partial charge in [0.2, 0.25) is 0 Å². The van der Waals surface area contributed by atoms with Crippen molar-refractivity contribution < 1.29 is 18.5 Å². The molecule has 0 aliphatic carbocycles. The molecule has 35 heavy (non-hydrogen) atoms. The molecule has 176 valence electrons. The van der Waals surface area contributed by atoms with Crippen molar-refractivity contribution in [3.63, 3.8) is 0 Å². The van der Waals surface area contributed by atoms with Crippen LogP contribution in [0.1, 0.15) is 39.0 Å². The molecule has 4 aromatic rings. The fourth-order valence-electron chi connectivity index (χ4n) is 3.28. The Hall–Kier alpha value is -4.37. The summed E-state index contributed by atoms with van der Waals surface area (Å²) in [4.78, 5) is 29.0. The van der Waals surface area contributed by atoms with Gasteiger partial charge >= 0.3 is 0 Å². The molecule has 0 saturated carbocycles. The average Bonchev–Trinajstić information content (AvgIpc) is 3.24. The Kier molecular flexibility index (Phi) is 6.98. The molecule has 2 aromatic carbocycles. The maximum Gasteiger partial charge on any atom is 0.277 e. The van der Waals surface area contributed by atoms with E-state index in [-0.39, 0.29) is 33.5 Å². The molecule has 0 aliphatic heterocycles. The summed E-state index contributed by atoms with van der Waals surface area (Å²) >= 11 is 6.13. The number of nitrogens with one attached hydrogen (secondary N) is 2. The summed E-state index contributed by atoms with van der Waals surface area (Å²) in [5.41, 5.74) is 4.69. The van der Waals surface area contributed by atoms with E-state index in [4.69, 9.17) is 16.1 Å². The van der Waals surface area contributed by atoms with Crippen molar-refractivity contribution in [2.24, 2.45) is 5.10 Å². The van der Waals surface area contributed by atoms with Crippen LogP contribution in [0.4, 0.5) is 10.1 Å². The second kappa shape index (κ2) is 10.3. The SMILES string of the molecule is C/C(=N\NC(=O)c1c(-c2c(F)cccc2Cl)noc1C)c1ccc(NC(=O)c2cccnc2)cc1. The van der Waals surface area contributed by atoms with Crippen LogP contribution in [0.3, 0.4) is 0 Å². The van der Waals surface area contributed by atoms with E-state index >= 15 is 0 Å². The molecule has 0 atom stereocenters. The van der Waals surface area contributed by atoms with Gasteiger partial charge in [0.15, 0.2) is 0 Å². The lowest BCUT2D eigenvalue weighted by Gasteiger charge is -2.07. The monoisotopic (exact) mass is 491 g/mol. The Labute approximate surface area is 204 Å². The first-order valence-electron chi connectivity index (χ1n) is 10.4. The number of anilines is 1. The number of nitrogens with zero attached hydrogens (tertiary/aromatic N) is 3. The number of carbonyl (C=O) groups is 2. The van der Waals surface area contributed by atoms with E-state index in [9.17, 15) is 14.0 Å². The van der Waals surface area contributed by atoms with Crippen molar-refractivity contribution in [2.75, 3.05) is 5.32 Å². The van der Waals surface area contributed by atoms with Crippen LogP contribution in [0.5, 0.6) is 0 Å². The molecule has 2 amide bonds. The summed E-state index contributed by atoms with van der Waals surface area (Å²) in [7, 11) is 0. The van der Waals surface area contributed by atoms with Crippen molar-refractivity contribution in [2.45, 2.75) is 13.8 Å². The number of hydrogen-bond acceptors (Lipinski definition) is 6. The zero-order valence-electron chi connectivity index (χ0n) is 18.7. The molecule has 4 rings (SSSR count). The maximum atomic E-state index is 14.4. The molecule has 0 fully saturated rings. The Morgan fingerprint density at radius 2 is 1.80 bits per heavy atom. The molecular formula is C25H19ClFN5O3. The average molecular weight is 492 g/mol. The number of rotatable bonds is 6. The van der Waals surface area contributed by atoms with E-state index in [1.807, 2.05) is 0 Å². The summed E-state index contributed by atoms with van der Waals surface area (Å²) in [6.45, 7) is 3.24. The van der Waals surface area contributed by atoms with Gasteiger partial charge in [-0.05, 0) is 55.8 Å². The lowest BCUT2D eigenvalue weighted by molar-refractivity contribution is 0.0953. The van der Waals surface area contributed by atoms with E-state index in [0.29, 0.717) is 22.5 Å². The van der Waals surface area contributed by atoms with Gasteiger partial charge in [-0.25, -0.2) is 9.82 Å². The summed E-state index contributed by atoms with van der Waals surface area (Å²) in [5, 5.41) is 10.8. The number of hydrazone groups is 1. The zero-order valence-corrected chi connectivity index (χ0v) is 19.4. The number of aryl methyl sites for hydroxylation is 1. The van der Waals surface area contributed by atoms with Crippen LogP contribution >= 0.6 is 11.6 Å². The third kappa shape index (κ3) is 5.25. The molecular weight excluding hydrogens is 473 g/mol. The highest BCUT2D eigenvalue weighted by Gasteiger charge is 2.25. The lowest BCUT2D eigenvalue weighted by atomic mass is 10.1. The van der Waals surface area contributed by atoms with Gasteiger partial charge in [-0.3, -0.25) is 14.6 Å². The van der Waals surface area contributed by atoms with Crippen molar-refractivity contribution in [3.05, 3.63) is 100 Å². The van der Waals surface area contributed by atoms with Crippen molar-refractivity contribution in [1.29, 1.82) is 0 Å². The zero-order chi connectivity index (χ0) is 24.9. The van der Waals surface area contributed by atoms with Gasteiger partial charge in [-0.15, -0.1) is 0 Å². The normalized spacial score (nSPS) is 11.3. The first kappa shape index (κ1) is 23.8. The molecule has 8 nitrogen and oxygen atoms in total. The summed E-state index contributed by atoms with van der Waals surface area (Å²) in [6, 6.07) is 14.4. The third-order valence-corrected chi connectivity index (χ3v) is 5.41. The Balaban J connectivity index is 1.48. The Bertz CT molecular complexity index is 1400. The minimum absolute atomic E-state index is 0.00957. The minimum Gasteiger partial charge on any atom is -0.360 e. The van der Waals surface area contributed by atoms with Crippen LogP contribution in [0.2, 0.25) is 5.02 Å². The van der Waals surface area contributed by atoms with Gasteiger partial charge < -0.3 is 9.84 Å². The fourth-order valence-corrected chi connectivity index (χ4v) is 3.54. The number of benzene rings is 2. The van der Waals surface area contributed by atoms with Crippen molar-refractivity contribution >= 4 is 34.8 Å². The van der Waals surface area contributed by atoms with E-state index in [1.54, 1.807) is 49.5 Å². The van der Waals surface area contributed by atoms with Crippen LogP contribution in [0.15, 0.2) is 76.6 Å². The molecule has 2 N–H and O–H groups in total. The van der Waals surface area contributed by atoms with E-state index in [1.165, 1.54) is 31.3 Å². The number of pyridine rings is 1. The number of amides is 2. The number of aromatic nitrogens is 2. The molecule has 0 radical (unpaired) electrons. The van der Waals surface area contributed by atoms with Crippen molar-refractivity contribution in [3.8, 4) is 11.3 Å². The highest BCUT2D eigenvalue weighted by molar-refractivity contribution is 6.33. The first-order valence-corrected chi connectivity index (χ1v) is 10.8. The largest absolute Gasteiger partial charge is 0.360 e. The lowest BCUT2D eigenvalue weighted by Crippen LogP contribution is -2.20. The smallest absolute Gasteiger partial charge is 0.277 e. The van der Waals surface area contributed by atoms with Crippen LogP contribution in [0, 0.1) is 12.7 Å². The number of halogens is 2. The van der Waals surface area contributed by atoms with E-state index in [2.05, 4.69) is 26.0 Å². The second-order valence-electron chi connectivity index (χ2n) is 7.47. The number of hydrogen-bond donors (Lipinski definition) is 2. The highest BCUT2D eigenvalue weighted by atomic mass is 35.5. The van der Waals surface area contributed by atoms with Gasteiger partial charge in [-0.2, -0.15) is 5.10 Å². The molecule has 0 spiro atoms. The molecule has 0 saturated heterocycles. The first-order chi connectivity index (χ1) is 16.8. The van der Waals surface area contributed by atoms with E-state index in [0.717, 1.165) is 0 Å². The minimum atomic E-state index is -0.629. The molecule has 0 bridgehead atoms. The maximum absolute atomic E-state index is 14.4. The van der Waals surface area contributed by atoms with Gasteiger partial charge in [-0.1, -0.05) is 35.0 Å². The Morgan fingerprint density at radius 1 is 1.03 bits per heavy atom. The molecule has 0 unspecified atom stereocenters. The molecule has 10 heteroatoms. The Morgan fingerprint density at radius 3 is 2.49 bits per heavy atom. The third-order valence-electron chi connectivity index (χ3n) is 5.10. The predicted octanol–water partition coefficient (Wildman–Crippen LogP) is 5.24. The summed E-state index contributed by atoms with van der Waals surface area (Å²) in [6.07, 6.45) is 3.07. The predicted molar refractivity (Wildman–Crippen MR) is 130 cm³/mol. The van der Waals surface area contributed by atoms with Gasteiger partial charge in [0.05, 0.1) is 21.9 Å². The van der Waals surface area contributed by atoms with Crippen molar-refractivity contribution in [1.82, 2.24) is 15.6 Å². The fraction of sp³-hybridized carbons (Fsp3) is 0.0800. The highest BCUT2D eigenvalue weighted by Crippen LogP contribution is 2.33. The van der Waals surface area contributed by atoms with Crippen LogP contribution in [-0.2, 0) is 0 Å².